The van der Waals surface area contributed by atoms with Gasteiger partial charge in [-0.2, -0.15) is 0 Å². The zero-order valence-electron chi connectivity index (χ0n) is 11.5. The third-order valence-electron chi connectivity index (χ3n) is 2.70. The summed E-state index contributed by atoms with van der Waals surface area (Å²) in [6.45, 7) is 4.70. The van der Waals surface area contributed by atoms with Crippen molar-refractivity contribution in [3.05, 3.63) is 27.5 Å². The van der Waals surface area contributed by atoms with E-state index < -0.39 is 5.97 Å². The van der Waals surface area contributed by atoms with Crippen molar-refractivity contribution in [1.82, 2.24) is 20.0 Å². The fourth-order valence-electron chi connectivity index (χ4n) is 1.72. The molecule has 0 aliphatic rings. The van der Waals surface area contributed by atoms with Crippen LogP contribution in [0.1, 0.15) is 46.6 Å². The quantitative estimate of drug-likeness (QED) is 0.873. The summed E-state index contributed by atoms with van der Waals surface area (Å²) in [4.78, 5) is 15.6. The average Bonchev–Trinajstić information content (AvgIpc) is 2.98. The van der Waals surface area contributed by atoms with Gasteiger partial charge in [0.1, 0.15) is 0 Å². The number of carboxylic acids is 1. The monoisotopic (exact) mass is 296 g/mol. The van der Waals surface area contributed by atoms with Crippen LogP contribution in [0.2, 0.25) is 0 Å². The molecule has 2 rings (SSSR count). The molecular weight excluding hydrogens is 280 g/mol. The predicted octanol–water partition coefficient (Wildman–Crippen LogP) is 1.75. The Kier molecular flexibility index (Phi) is 4.46. The Balaban J connectivity index is 2.25. The van der Waals surface area contributed by atoms with Gasteiger partial charge in [-0.15, -0.1) is 16.4 Å². The lowest BCUT2D eigenvalue weighted by Crippen LogP contribution is -2.10. The van der Waals surface area contributed by atoms with Crippen LogP contribution in [-0.2, 0) is 17.9 Å². The highest BCUT2D eigenvalue weighted by Gasteiger charge is 2.19. The molecule has 0 radical (unpaired) electrons. The molecule has 0 fully saturated rings. The van der Waals surface area contributed by atoms with E-state index in [0.717, 1.165) is 10.7 Å². The number of aromatic nitrogens is 4. The number of ether oxygens (including phenoxy) is 1. The molecule has 0 atom stereocenters. The minimum absolute atomic E-state index is 0.0776. The summed E-state index contributed by atoms with van der Waals surface area (Å²) < 4.78 is 6.54. The number of hydrogen-bond donors (Lipinski definition) is 1. The van der Waals surface area contributed by atoms with Crippen molar-refractivity contribution < 1.29 is 14.6 Å². The van der Waals surface area contributed by atoms with E-state index in [2.05, 4.69) is 29.1 Å². The van der Waals surface area contributed by atoms with E-state index in [4.69, 9.17) is 9.84 Å². The SMILES string of the molecule is COCc1c(C(=O)O)nnn1Cc1csc(C(C)C)n1. The molecule has 0 aliphatic heterocycles. The van der Waals surface area contributed by atoms with E-state index in [-0.39, 0.29) is 12.3 Å². The van der Waals surface area contributed by atoms with Crippen LogP contribution in [0.15, 0.2) is 5.38 Å². The molecule has 108 valence electrons. The average molecular weight is 296 g/mol. The van der Waals surface area contributed by atoms with Gasteiger partial charge in [-0.1, -0.05) is 19.1 Å². The number of nitrogens with zero attached hydrogens (tertiary/aromatic N) is 4. The fourth-order valence-corrected chi connectivity index (χ4v) is 2.55. The van der Waals surface area contributed by atoms with Gasteiger partial charge in [-0.3, -0.25) is 0 Å². The number of thiazole rings is 1. The lowest BCUT2D eigenvalue weighted by atomic mass is 10.2. The van der Waals surface area contributed by atoms with Crippen molar-refractivity contribution in [2.24, 2.45) is 0 Å². The Morgan fingerprint density at radius 2 is 2.30 bits per heavy atom. The van der Waals surface area contributed by atoms with Crippen LogP contribution in [0, 0.1) is 0 Å². The van der Waals surface area contributed by atoms with Crippen molar-refractivity contribution in [2.45, 2.75) is 32.9 Å². The number of carbonyl (C=O) groups is 1. The third-order valence-corrected chi connectivity index (χ3v) is 3.89. The molecule has 0 amide bonds. The topological polar surface area (TPSA) is 90.1 Å². The highest BCUT2D eigenvalue weighted by molar-refractivity contribution is 7.09. The molecule has 0 spiro atoms. The van der Waals surface area contributed by atoms with Crippen molar-refractivity contribution in [3.63, 3.8) is 0 Å². The van der Waals surface area contributed by atoms with Gasteiger partial charge >= 0.3 is 5.97 Å². The molecule has 0 aromatic carbocycles. The number of carboxylic acid groups (broad SMARTS) is 1. The van der Waals surface area contributed by atoms with Crippen molar-refractivity contribution in [1.29, 1.82) is 0 Å². The van der Waals surface area contributed by atoms with Crippen LogP contribution in [0.5, 0.6) is 0 Å². The highest BCUT2D eigenvalue weighted by atomic mass is 32.1. The number of aromatic carboxylic acids is 1. The van der Waals surface area contributed by atoms with E-state index in [9.17, 15) is 4.79 Å². The van der Waals surface area contributed by atoms with E-state index in [1.165, 1.54) is 11.8 Å². The van der Waals surface area contributed by atoms with E-state index in [1.807, 2.05) is 5.38 Å². The third kappa shape index (κ3) is 3.02. The molecule has 0 aliphatic carbocycles. The van der Waals surface area contributed by atoms with Crippen LogP contribution in [0.4, 0.5) is 0 Å². The molecule has 8 heteroatoms. The zero-order chi connectivity index (χ0) is 14.7. The maximum Gasteiger partial charge on any atom is 0.358 e. The minimum Gasteiger partial charge on any atom is -0.476 e. The first-order valence-corrected chi connectivity index (χ1v) is 6.99. The first-order chi connectivity index (χ1) is 9.52. The van der Waals surface area contributed by atoms with E-state index in [1.54, 1.807) is 11.3 Å². The number of rotatable bonds is 6. The molecule has 0 unspecified atom stereocenters. The van der Waals surface area contributed by atoms with Gasteiger partial charge in [0, 0.05) is 18.4 Å². The Hall–Kier alpha value is -1.80. The molecule has 0 saturated heterocycles. The predicted molar refractivity (Wildman–Crippen MR) is 73.0 cm³/mol. The number of hydrogen-bond acceptors (Lipinski definition) is 6. The Bertz CT molecular complexity index is 606. The molecule has 2 aromatic rings. The van der Waals surface area contributed by atoms with Gasteiger partial charge in [-0.25, -0.2) is 14.5 Å². The van der Waals surface area contributed by atoms with Crippen LogP contribution < -0.4 is 0 Å². The summed E-state index contributed by atoms with van der Waals surface area (Å²) in [6, 6.07) is 0. The molecule has 20 heavy (non-hydrogen) atoms. The first kappa shape index (κ1) is 14.6. The Morgan fingerprint density at radius 3 is 2.85 bits per heavy atom. The largest absolute Gasteiger partial charge is 0.476 e. The lowest BCUT2D eigenvalue weighted by Gasteiger charge is -2.04. The van der Waals surface area contributed by atoms with Crippen LogP contribution in [0.25, 0.3) is 0 Å². The summed E-state index contributed by atoms with van der Waals surface area (Å²) in [5.74, 6) is -0.734. The standard InChI is InChI=1S/C12H16N4O3S/c1-7(2)11-13-8(6-20-11)4-16-9(5-19-3)10(12(17)18)14-15-16/h6-7H,4-5H2,1-3H3,(H,17,18). The van der Waals surface area contributed by atoms with Crippen LogP contribution in [0.3, 0.4) is 0 Å². The van der Waals surface area contributed by atoms with Crippen molar-refractivity contribution >= 4 is 17.3 Å². The minimum atomic E-state index is -1.11. The number of methoxy groups -OCH3 is 1. The molecule has 2 aromatic heterocycles. The Morgan fingerprint density at radius 1 is 1.55 bits per heavy atom. The summed E-state index contributed by atoms with van der Waals surface area (Å²) in [6.07, 6.45) is 0. The van der Waals surface area contributed by atoms with Gasteiger partial charge in [-0.05, 0) is 0 Å². The van der Waals surface area contributed by atoms with Crippen molar-refractivity contribution in [3.8, 4) is 0 Å². The summed E-state index contributed by atoms with van der Waals surface area (Å²) in [7, 11) is 1.50. The Labute approximate surface area is 120 Å². The van der Waals surface area contributed by atoms with Gasteiger partial charge in [0.05, 0.1) is 29.5 Å². The maximum atomic E-state index is 11.1. The normalized spacial score (nSPS) is 11.2. The molecule has 7 nitrogen and oxygen atoms in total. The summed E-state index contributed by atoms with van der Waals surface area (Å²) >= 11 is 1.59. The van der Waals surface area contributed by atoms with Crippen LogP contribution in [-0.4, -0.2) is 38.2 Å². The molecule has 0 saturated carbocycles. The summed E-state index contributed by atoms with van der Waals surface area (Å²) in [5, 5.41) is 19.6. The molecule has 0 bridgehead atoms. The zero-order valence-corrected chi connectivity index (χ0v) is 12.3. The lowest BCUT2D eigenvalue weighted by molar-refractivity contribution is 0.0684. The fraction of sp³-hybridized carbons (Fsp3) is 0.500. The second-order valence-electron chi connectivity index (χ2n) is 4.61. The van der Waals surface area contributed by atoms with Gasteiger partial charge in [0.2, 0.25) is 0 Å². The first-order valence-electron chi connectivity index (χ1n) is 6.11. The summed E-state index contributed by atoms with van der Waals surface area (Å²) in [5.41, 5.74) is 1.21. The second-order valence-corrected chi connectivity index (χ2v) is 5.50. The van der Waals surface area contributed by atoms with E-state index >= 15 is 0 Å². The smallest absolute Gasteiger partial charge is 0.358 e. The van der Waals surface area contributed by atoms with Gasteiger partial charge in [0.15, 0.2) is 5.69 Å². The van der Waals surface area contributed by atoms with Crippen LogP contribution >= 0.6 is 11.3 Å². The molecular formula is C12H16N4O3S. The highest BCUT2D eigenvalue weighted by Crippen LogP contribution is 2.20. The molecule has 1 N–H and O–H groups in total. The van der Waals surface area contributed by atoms with Crippen molar-refractivity contribution in [2.75, 3.05) is 7.11 Å². The second kappa shape index (κ2) is 6.10. The maximum absolute atomic E-state index is 11.1. The van der Waals surface area contributed by atoms with E-state index in [0.29, 0.717) is 18.2 Å². The molecule has 2 heterocycles. The van der Waals surface area contributed by atoms with Gasteiger partial charge < -0.3 is 9.84 Å². The van der Waals surface area contributed by atoms with Gasteiger partial charge in [0.25, 0.3) is 0 Å².